The van der Waals surface area contributed by atoms with E-state index >= 15 is 0 Å². The van der Waals surface area contributed by atoms with Crippen LogP contribution in [0.1, 0.15) is 31.2 Å². The van der Waals surface area contributed by atoms with Gasteiger partial charge in [-0.05, 0) is 60.4 Å². The number of carboxylic acid groups (broad SMARTS) is 1. The highest BCUT2D eigenvalue weighted by Gasteiger charge is 2.31. The number of rotatable bonds is 12. The lowest BCUT2D eigenvalue weighted by Gasteiger charge is -2.26. The van der Waals surface area contributed by atoms with Crippen molar-refractivity contribution < 1.29 is 24.2 Å². The number of unbranched alkanes of at least 4 members (excludes halogenated alkanes) is 2. The molecule has 0 bridgehead atoms. The largest absolute Gasteiger partial charge is 0.492 e. The second kappa shape index (κ2) is 14.5. The number of ether oxygens (including phenoxy) is 2. The lowest BCUT2D eigenvalue weighted by atomic mass is 10.0. The Bertz CT molecular complexity index is 1230. The first-order valence-corrected chi connectivity index (χ1v) is 14.8. The zero-order valence-electron chi connectivity index (χ0n) is 21.4. The van der Waals surface area contributed by atoms with Gasteiger partial charge in [-0.3, -0.25) is 19.4 Å². The minimum Gasteiger partial charge on any atom is -0.492 e. The number of morpholine rings is 1. The maximum absolute atomic E-state index is 13.2. The second-order valence-electron chi connectivity index (χ2n) is 9.25. The van der Waals surface area contributed by atoms with Crippen molar-refractivity contribution in [1.29, 1.82) is 0 Å². The normalized spacial score (nSPS) is 17.3. The molecule has 208 valence electrons. The number of halogens is 2. The van der Waals surface area contributed by atoms with Gasteiger partial charge in [-0.15, -0.1) is 0 Å². The third-order valence-electron chi connectivity index (χ3n) is 6.41. The van der Waals surface area contributed by atoms with Crippen molar-refractivity contribution in [3.63, 3.8) is 0 Å². The Morgan fingerprint density at radius 2 is 1.79 bits per heavy atom. The van der Waals surface area contributed by atoms with E-state index in [2.05, 4.69) is 4.90 Å². The monoisotopic (exact) mass is 608 g/mol. The number of carboxylic acids is 1. The first-order chi connectivity index (χ1) is 18.8. The van der Waals surface area contributed by atoms with Crippen molar-refractivity contribution in [3.05, 3.63) is 56.9 Å². The van der Waals surface area contributed by atoms with E-state index in [4.69, 9.17) is 50.0 Å². The van der Waals surface area contributed by atoms with Crippen molar-refractivity contribution in [2.24, 2.45) is 0 Å². The zero-order valence-corrected chi connectivity index (χ0v) is 24.5. The van der Waals surface area contributed by atoms with Crippen LogP contribution in [0, 0.1) is 0 Å². The summed E-state index contributed by atoms with van der Waals surface area (Å²) in [5.41, 5.74) is 2.50. The Labute approximate surface area is 248 Å². The van der Waals surface area contributed by atoms with E-state index in [1.165, 1.54) is 11.8 Å². The van der Waals surface area contributed by atoms with Gasteiger partial charge in [0.25, 0.3) is 5.91 Å². The predicted octanol–water partition coefficient (Wildman–Crippen LogP) is 6.22. The van der Waals surface area contributed by atoms with Gasteiger partial charge in [-0.1, -0.05) is 59.7 Å². The molecule has 2 heterocycles. The number of thioether (sulfide) groups is 1. The quantitative estimate of drug-likeness (QED) is 0.173. The van der Waals surface area contributed by atoms with Crippen LogP contribution in [0.3, 0.4) is 0 Å². The molecule has 1 N–H and O–H groups in total. The number of thiocarbonyl (C=S) groups is 1. The van der Waals surface area contributed by atoms with Gasteiger partial charge in [0.15, 0.2) is 0 Å². The van der Waals surface area contributed by atoms with Crippen LogP contribution in [-0.2, 0) is 14.3 Å². The van der Waals surface area contributed by atoms with E-state index in [9.17, 15) is 9.59 Å². The first kappa shape index (κ1) is 29.8. The van der Waals surface area contributed by atoms with E-state index in [1.54, 1.807) is 11.0 Å². The maximum Gasteiger partial charge on any atom is 0.303 e. The van der Waals surface area contributed by atoms with Gasteiger partial charge in [-0.2, -0.15) is 0 Å². The van der Waals surface area contributed by atoms with Crippen molar-refractivity contribution in [3.8, 4) is 16.9 Å². The molecule has 0 atom stereocenters. The molecule has 0 spiro atoms. The lowest BCUT2D eigenvalue weighted by Crippen LogP contribution is -2.38. The van der Waals surface area contributed by atoms with Crippen molar-refractivity contribution in [1.82, 2.24) is 9.80 Å². The van der Waals surface area contributed by atoms with Gasteiger partial charge in [0.1, 0.15) is 16.7 Å². The molecule has 4 rings (SSSR count). The molecule has 0 aromatic heterocycles. The lowest BCUT2D eigenvalue weighted by molar-refractivity contribution is -0.137. The summed E-state index contributed by atoms with van der Waals surface area (Å²) < 4.78 is 12.1. The Balaban J connectivity index is 1.53. The third-order valence-corrected chi connectivity index (χ3v) is 8.22. The number of benzene rings is 2. The molecule has 0 aliphatic carbocycles. The number of carbonyl (C=O) groups is 2. The Hall–Kier alpha value is -2.14. The first-order valence-electron chi connectivity index (χ1n) is 12.8. The highest BCUT2D eigenvalue weighted by atomic mass is 35.5. The van der Waals surface area contributed by atoms with Crippen LogP contribution in [0.5, 0.6) is 5.75 Å². The van der Waals surface area contributed by atoms with Crippen LogP contribution in [0.4, 0.5) is 0 Å². The van der Waals surface area contributed by atoms with Gasteiger partial charge >= 0.3 is 5.97 Å². The smallest absolute Gasteiger partial charge is 0.303 e. The number of hydrogen-bond acceptors (Lipinski definition) is 7. The summed E-state index contributed by atoms with van der Waals surface area (Å²) in [5, 5.41) is 9.89. The molecular weight excluding hydrogens is 579 g/mol. The maximum atomic E-state index is 13.2. The minimum atomic E-state index is -0.811. The van der Waals surface area contributed by atoms with Gasteiger partial charge < -0.3 is 14.6 Å². The SMILES string of the molecule is O=C(O)CCCCCN1C(=O)/C(=C/c2cc(-c3cc(Cl)cc(Cl)c3)ccc2OCCN2CCOCC2)SC1=S. The Morgan fingerprint density at radius 1 is 1.05 bits per heavy atom. The van der Waals surface area contributed by atoms with Crippen LogP contribution in [-0.4, -0.2) is 77.1 Å². The number of carbonyl (C=O) groups excluding carboxylic acids is 1. The van der Waals surface area contributed by atoms with E-state index < -0.39 is 5.97 Å². The van der Waals surface area contributed by atoms with Crippen molar-refractivity contribution in [2.45, 2.75) is 25.7 Å². The van der Waals surface area contributed by atoms with Gasteiger partial charge in [0.2, 0.25) is 0 Å². The average molecular weight is 610 g/mol. The molecule has 2 aromatic carbocycles. The molecule has 7 nitrogen and oxygen atoms in total. The van der Waals surface area contributed by atoms with Crippen LogP contribution < -0.4 is 4.74 Å². The van der Waals surface area contributed by atoms with Gasteiger partial charge in [-0.25, -0.2) is 0 Å². The fourth-order valence-corrected chi connectivity index (χ4v) is 6.18. The molecule has 0 saturated carbocycles. The highest BCUT2D eigenvalue weighted by Crippen LogP contribution is 2.37. The Kier molecular flexibility index (Phi) is 11.1. The van der Waals surface area contributed by atoms with Gasteiger partial charge in [0, 0.05) is 48.2 Å². The van der Waals surface area contributed by atoms with Gasteiger partial charge in [0.05, 0.1) is 18.1 Å². The molecule has 2 aliphatic rings. The topological polar surface area (TPSA) is 79.3 Å². The molecule has 1 amide bonds. The highest BCUT2D eigenvalue weighted by molar-refractivity contribution is 8.26. The molecule has 2 fully saturated rings. The summed E-state index contributed by atoms with van der Waals surface area (Å²) in [7, 11) is 0. The zero-order chi connectivity index (χ0) is 27.8. The number of amides is 1. The third kappa shape index (κ3) is 8.67. The van der Waals surface area contributed by atoms with E-state index in [1.807, 2.05) is 36.4 Å². The van der Waals surface area contributed by atoms with Crippen LogP contribution in [0.25, 0.3) is 17.2 Å². The fourth-order valence-electron chi connectivity index (χ4n) is 4.36. The number of aliphatic carboxylic acids is 1. The van der Waals surface area contributed by atoms with E-state index in [-0.39, 0.29) is 12.3 Å². The summed E-state index contributed by atoms with van der Waals surface area (Å²) >= 11 is 19.3. The fraction of sp³-hybridized carbons (Fsp3) is 0.393. The molecule has 0 unspecified atom stereocenters. The molecule has 2 aromatic rings. The molecule has 2 aliphatic heterocycles. The summed E-state index contributed by atoms with van der Waals surface area (Å²) in [6, 6.07) is 11.2. The van der Waals surface area contributed by atoms with Crippen molar-refractivity contribution in [2.75, 3.05) is 46.0 Å². The number of nitrogens with zero attached hydrogens (tertiary/aromatic N) is 2. The molecule has 0 radical (unpaired) electrons. The minimum absolute atomic E-state index is 0.126. The van der Waals surface area contributed by atoms with E-state index in [0.29, 0.717) is 57.4 Å². The van der Waals surface area contributed by atoms with Crippen LogP contribution in [0.2, 0.25) is 10.0 Å². The van der Waals surface area contributed by atoms with Crippen LogP contribution >= 0.6 is 47.2 Å². The summed E-state index contributed by atoms with van der Waals surface area (Å²) in [4.78, 5) is 28.4. The average Bonchev–Trinajstić information content (AvgIpc) is 3.16. The summed E-state index contributed by atoms with van der Waals surface area (Å²) in [6.07, 6.45) is 3.93. The molecule has 11 heteroatoms. The Morgan fingerprint density at radius 3 is 2.51 bits per heavy atom. The summed E-state index contributed by atoms with van der Waals surface area (Å²) in [6.45, 7) is 4.95. The summed E-state index contributed by atoms with van der Waals surface area (Å²) in [5.74, 6) is -0.299. The second-order valence-corrected chi connectivity index (χ2v) is 11.8. The molecule has 39 heavy (non-hydrogen) atoms. The van der Waals surface area contributed by atoms with E-state index in [0.717, 1.165) is 49.5 Å². The number of hydrogen-bond donors (Lipinski definition) is 1. The predicted molar refractivity (Wildman–Crippen MR) is 161 cm³/mol. The molecule has 2 saturated heterocycles. The van der Waals surface area contributed by atoms with Crippen LogP contribution in [0.15, 0.2) is 41.3 Å². The standard InChI is InChI=1S/C28H30Cl2N2O5S2/c29-22-15-20(16-23(30)18-22)19-5-6-24(37-13-10-31-8-11-36-12-9-31)21(14-19)17-25-27(35)32(28(38)39-25)7-3-1-2-4-26(33)34/h5-6,14-18H,1-4,7-13H2,(H,33,34)/b25-17-. The van der Waals surface area contributed by atoms with Crippen molar-refractivity contribution >= 4 is 69.5 Å². The molecular formula is C28H30Cl2N2O5S2.